The van der Waals surface area contributed by atoms with Crippen molar-refractivity contribution < 1.29 is 0 Å². The topological polar surface area (TPSA) is 28.5 Å². The van der Waals surface area contributed by atoms with E-state index in [1.54, 1.807) is 0 Å². The standard InChI is InChI=1S/C12H15N3S/c1-2-9-8-16-12-14-11(7-15(9)12)10-5-3-4-6-13-10/h3-6,9,11H,2,7-8H2,1H3. The zero-order valence-electron chi connectivity index (χ0n) is 9.34. The monoisotopic (exact) mass is 233 g/mol. The van der Waals surface area contributed by atoms with Crippen LogP contribution in [0.1, 0.15) is 25.1 Å². The Morgan fingerprint density at radius 3 is 3.19 bits per heavy atom. The van der Waals surface area contributed by atoms with E-state index in [0.29, 0.717) is 6.04 Å². The lowest BCUT2D eigenvalue weighted by Crippen LogP contribution is -2.32. The summed E-state index contributed by atoms with van der Waals surface area (Å²) >= 11 is 1.89. The molecule has 0 amide bonds. The number of rotatable bonds is 2. The molecule has 84 valence electrons. The Morgan fingerprint density at radius 1 is 1.50 bits per heavy atom. The fourth-order valence-electron chi connectivity index (χ4n) is 2.27. The first-order valence-electron chi connectivity index (χ1n) is 5.76. The van der Waals surface area contributed by atoms with Gasteiger partial charge in [-0.05, 0) is 18.6 Å². The summed E-state index contributed by atoms with van der Waals surface area (Å²) in [6.45, 7) is 3.26. The molecule has 2 unspecified atom stereocenters. The summed E-state index contributed by atoms with van der Waals surface area (Å²) < 4.78 is 0. The highest BCUT2D eigenvalue weighted by molar-refractivity contribution is 8.14. The molecule has 1 fully saturated rings. The fraction of sp³-hybridized carbons (Fsp3) is 0.500. The van der Waals surface area contributed by atoms with E-state index in [1.807, 2.05) is 30.1 Å². The molecule has 0 N–H and O–H groups in total. The predicted octanol–water partition coefficient (Wildman–Crippen LogP) is 2.32. The minimum Gasteiger partial charge on any atom is -0.345 e. The van der Waals surface area contributed by atoms with Crippen molar-refractivity contribution in [3.63, 3.8) is 0 Å². The number of aliphatic imine (C=N–C) groups is 1. The van der Waals surface area contributed by atoms with Gasteiger partial charge in [0.2, 0.25) is 0 Å². The van der Waals surface area contributed by atoms with Crippen molar-refractivity contribution in [1.82, 2.24) is 9.88 Å². The second kappa shape index (κ2) is 4.09. The number of aromatic nitrogens is 1. The predicted molar refractivity (Wildman–Crippen MR) is 67.7 cm³/mol. The van der Waals surface area contributed by atoms with Crippen molar-refractivity contribution in [2.75, 3.05) is 12.3 Å². The maximum Gasteiger partial charge on any atom is 0.160 e. The van der Waals surface area contributed by atoms with Gasteiger partial charge < -0.3 is 4.90 Å². The first-order chi connectivity index (χ1) is 7.88. The number of hydrogen-bond acceptors (Lipinski definition) is 4. The van der Waals surface area contributed by atoms with E-state index >= 15 is 0 Å². The largest absolute Gasteiger partial charge is 0.345 e. The summed E-state index contributed by atoms with van der Waals surface area (Å²) in [4.78, 5) is 11.6. The molecule has 3 nitrogen and oxygen atoms in total. The van der Waals surface area contributed by atoms with Crippen molar-refractivity contribution in [2.45, 2.75) is 25.4 Å². The van der Waals surface area contributed by atoms with Crippen LogP contribution in [0.4, 0.5) is 0 Å². The van der Waals surface area contributed by atoms with Gasteiger partial charge in [0.15, 0.2) is 5.17 Å². The normalized spacial score (nSPS) is 28.1. The Bertz CT molecular complexity index is 404. The van der Waals surface area contributed by atoms with Crippen molar-refractivity contribution in [3.8, 4) is 0 Å². The highest BCUT2D eigenvalue weighted by Gasteiger charge is 2.36. The van der Waals surface area contributed by atoms with Crippen molar-refractivity contribution in [2.24, 2.45) is 4.99 Å². The summed E-state index contributed by atoms with van der Waals surface area (Å²) in [5.74, 6) is 1.20. The average Bonchev–Trinajstić information content (AvgIpc) is 2.89. The molecule has 2 atom stereocenters. The lowest BCUT2D eigenvalue weighted by Gasteiger charge is -2.21. The molecule has 0 radical (unpaired) electrons. The Morgan fingerprint density at radius 2 is 2.44 bits per heavy atom. The van der Waals surface area contributed by atoms with E-state index in [1.165, 1.54) is 17.3 Å². The third-order valence-corrected chi connectivity index (χ3v) is 4.38. The molecule has 1 aromatic rings. The van der Waals surface area contributed by atoms with E-state index in [0.717, 1.165) is 12.2 Å². The molecule has 0 bridgehead atoms. The molecule has 0 spiro atoms. The molecular weight excluding hydrogens is 218 g/mol. The smallest absolute Gasteiger partial charge is 0.160 e. The van der Waals surface area contributed by atoms with Crippen molar-refractivity contribution in [3.05, 3.63) is 30.1 Å². The van der Waals surface area contributed by atoms with Crippen LogP contribution in [0.15, 0.2) is 29.4 Å². The Kier molecular flexibility index (Phi) is 2.59. The summed E-state index contributed by atoms with van der Waals surface area (Å²) in [6, 6.07) is 6.99. The van der Waals surface area contributed by atoms with Gasteiger partial charge in [0, 0.05) is 24.5 Å². The molecule has 1 saturated heterocycles. The SMILES string of the molecule is CCC1CSC2=NC(c3ccccn3)CN21. The van der Waals surface area contributed by atoms with Crippen LogP contribution in [0, 0.1) is 0 Å². The Balaban J connectivity index is 1.82. The van der Waals surface area contributed by atoms with E-state index in [2.05, 4.69) is 22.9 Å². The number of hydrogen-bond donors (Lipinski definition) is 0. The molecule has 1 aromatic heterocycles. The van der Waals surface area contributed by atoms with E-state index in [9.17, 15) is 0 Å². The summed E-state index contributed by atoms with van der Waals surface area (Å²) in [5.41, 5.74) is 1.10. The first kappa shape index (κ1) is 10.1. The molecule has 2 aliphatic rings. The lowest BCUT2D eigenvalue weighted by atomic mass is 10.1. The number of thioether (sulfide) groups is 1. The third-order valence-electron chi connectivity index (χ3n) is 3.23. The van der Waals surface area contributed by atoms with Crippen LogP contribution in [0.25, 0.3) is 0 Å². The second-order valence-electron chi connectivity index (χ2n) is 4.21. The zero-order chi connectivity index (χ0) is 11.0. The van der Waals surface area contributed by atoms with E-state index < -0.39 is 0 Å². The highest BCUT2D eigenvalue weighted by Crippen LogP contribution is 2.35. The van der Waals surface area contributed by atoms with Crippen LogP contribution in [0.5, 0.6) is 0 Å². The highest BCUT2D eigenvalue weighted by atomic mass is 32.2. The van der Waals surface area contributed by atoms with E-state index in [4.69, 9.17) is 4.99 Å². The average molecular weight is 233 g/mol. The number of pyridine rings is 1. The van der Waals surface area contributed by atoms with Gasteiger partial charge in [0.25, 0.3) is 0 Å². The van der Waals surface area contributed by atoms with Gasteiger partial charge in [-0.2, -0.15) is 0 Å². The van der Waals surface area contributed by atoms with Gasteiger partial charge in [-0.15, -0.1) is 0 Å². The number of fused-ring (bicyclic) bond motifs is 1. The summed E-state index contributed by atoms with van der Waals surface area (Å²) in [7, 11) is 0. The van der Waals surface area contributed by atoms with Crippen LogP contribution in [-0.4, -0.2) is 33.4 Å². The third kappa shape index (κ3) is 1.61. The Labute approximate surface area is 100.0 Å². The zero-order valence-corrected chi connectivity index (χ0v) is 10.2. The number of amidine groups is 1. The fourth-order valence-corrected chi connectivity index (χ4v) is 3.62. The molecule has 0 aromatic carbocycles. The second-order valence-corrected chi connectivity index (χ2v) is 5.19. The summed E-state index contributed by atoms with van der Waals surface area (Å²) in [6.07, 6.45) is 3.06. The first-order valence-corrected chi connectivity index (χ1v) is 6.75. The molecule has 2 aliphatic heterocycles. The number of nitrogens with zero attached hydrogens (tertiary/aromatic N) is 3. The van der Waals surface area contributed by atoms with Crippen molar-refractivity contribution >= 4 is 16.9 Å². The van der Waals surface area contributed by atoms with Gasteiger partial charge in [0.05, 0.1) is 5.69 Å². The van der Waals surface area contributed by atoms with Gasteiger partial charge in [0.1, 0.15) is 6.04 Å². The maximum atomic E-state index is 4.76. The van der Waals surface area contributed by atoms with Gasteiger partial charge in [-0.25, -0.2) is 0 Å². The minimum atomic E-state index is 0.248. The van der Waals surface area contributed by atoms with Crippen LogP contribution < -0.4 is 0 Å². The van der Waals surface area contributed by atoms with Crippen LogP contribution in [0.2, 0.25) is 0 Å². The van der Waals surface area contributed by atoms with Gasteiger partial charge in [-0.3, -0.25) is 9.98 Å². The molecule has 0 aliphatic carbocycles. The van der Waals surface area contributed by atoms with Crippen molar-refractivity contribution in [1.29, 1.82) is 0 Å². The van der Waals surface area contributed by atoms with Crippen LogP contribution in [-0.2, 0) is 0 Å². The molecule has 0 saturated carbocycles. The van der Waals surface area contributed by atoms with Gasteiger partial charge in [-0.1, -0.05) is 24.8 Å². The van der Waals surface area contributed by atoms with Crippen LogP contribution in [0.3, 0.4) is 0 Å². The molecule has 4 heteroatoms. The Hall–Kier alpha value is -1.03. The maximum absolute atomic E-state index is 4.76. The molecule has 3 heterocycles. The minimum absolute atomic E-state index is 0.248. The quantitative estimate of drug-likeness (QED) is 0.785. The van der Waals surface area contributed by atoms with Gasteiger partial charge >= 0.3 is 0 Å². The molecule has 3 rings (SSSR count). The lowest BCUT2D eigenvalue weighted by molar-refractivity contribution is 0.347. The van der Waals surface area contributed by atoms with E-state index in [-0.39, 0.29) is 6.04 Å². The van der Waals surface area contributed by atoms with Crippen LogP contribution >= 0.6 is 11.8 Å². The summed E-state index contributed by atoms with van der Waals surface area (Å²) in [5, 5.41) is 1.22. The molecule has 16 heavy (non-hydrogen) atoms. The molecular formula is C12H15N3S.